The number of hydrogen-bond donors (Lipinski definition) is 2. The second-order valence-electron chi connectivity index (χ2n) is 7.09. The van der Waals surface area contributed by atoms with Crippen LogP contribution in [0.2, 0.25) is 0 Å². The topological polar surface area (TPSA) is 65.2 Å². The smallest absolute Gasteiger partial charge is 0.231 e. The van der Waals surface area contributed by atoms with Crippen molar-refractivity contribution in [3.05, 3.63) is 71.7 Å². The molecule has 0 aliphatic heterocycles. The van der Waals surface area contributed by atoms with Gasteiger partial charge >= 0.3 is 0 Å². The van der Waals surface area contributed by atoms with Crippen molar-refractivity contribution < 1.29 is 8.91 Å². The van der Waals surface area contributed by atoms with Gasteiger partial charge in [-0.25, -0.2) is 4.39 Å². The molecule has 0 saturated heterocycles. The molecule has 3 aromatic rings. The van der Waals surface area contributed by atoms with Crippen LogP contribution in [0.5, 0.6) is 0 Å². The molecule has 0 spiro atoms. The van der Waals surface area contributed by atoms with Crippen LogP contribution >= 0.6 is 0 Å². The van der Waals surface area contributed by atoms with E-state index >= 15 is 0 Å². The molecule has 1 aromatic heterocycles. The van der Waals surface area contributed by atoms with Crippen LogP contribution in [0.4, 0.5) is 10.3 Å². The van der Waals surface area contributed by atoms with Crippen LogP contribution in [0.25, 0.3) is 11.1 Å². The summed E-state index contributed by atoms with van der Waals surface area (Å²) in [6.07, 6.45) is 1.79. The maximum atomic E-state index is 14.8. The zero-order chi connectivity index (χ0) is 19.0. The molecule has 1 aliphatic rings. The highest BCUT2D eigenvalue weighted by atomic mass is 19.1. The van der Waals surface area contributed by atoms with Crippen LogP contribution in [0.3, 0.4) is 0 Å². The molecule has 1 heterocycles. The number of aromatic nitrogens is 1. The van der Waals surface area contributed by atoms with E-state index in [-0.39, 0.29) is 17.2 Å². The number of nitrogens with zero attached hydrogens (tertiary/aromatic N) is 2. The summed E-state index contributed by atoms with van der Waals surface area (Å²) in [7, 11) is 3.54. The number of anilines is 1. The summed E-state index contributed by atoms with van der Waals surface area (Å²) < 4.78 is 20.1. The number of halogens is 1. The third-order valence-electron chi connectivity index (χ3n) is 5.05. The number of nitrogens with one attached hydrogen (secondary N) is 2. The third-order valence-corrected chi connectivity index (χ3v) is 5.05. The Morgan fingerprint density at radius 3 is 2.52 bits per heavy atom. The summed E-state index contributed by atoms with van der Waals surface area (Å²) in [6, 6.07) is 16.7. The van der Waals surface area contributed by atoms with Crippen molar-refractivity contribution in [3.8, 4) is 11.1 Å². The van der Waals surface area contributed by atoms with Crippen LogP contribution in [0.15, 0.2) is 59.1 Å². The lowest BCUT2D eigenvalue weighted by Gasteiger charge is -2.14. The number of benzene rings is 2. The number of hydrogen-bond acceptors (Lipinski definition) is 3. The Balaban J connectivity index is 1.61. The lowest BCUT2D eigenvalue weighted by atomic mass is 9.90. The van der Waals surface area contributed by atoms with Crippen LogP contribution in [0.1, 0.15) is 24.1 Å². The molecular weight excluding hydrogens is 343 g/mol. The lowest BCUT2D eigenvalue weighted by Crippen LogP contribution is -2.27. The van der Waals surface area contributed by atoms with Crippen molar-refractivity contribution in [1.82, 2.24) is 10.1 Å². The van der Waals surface area contributed by atoms with Gasteiger partial charge in [0.15, 0.2) is 5.96 Å². The standard InChI is InChI=1S/C21H21FN4O/c1-26(2)20(23)24-19-13-18(25-27-19)21(10-11-21)15-8-9-16(17(22)12-15)14-6-4-3-5-7-14/h3-9,12-13H,10-11H2,1-2H3,(H2,23,24). The minimum absolute atomic E-state index is 0.209. The van der Waals surface area contributed by atoms with Gasteiger partial charge in [0.2, 0.25) is 5.88 Å². The first-order chi connectivity index (χ1) is 13.0. The van der Waals surface area contributed by atoms with E-state index in [2.05, 4.69) is 10.5 Å². The number of rotatable bonds is 4. The highest BCUT2D eigenvalue weighted by Crippen LogP contribution is 2.53. The predicted molar refractivity (Wildman–Crippen MR) is 103 cm³/mol. The summed E-state index contributed by atoms with van der Waals surface area (Å²) in [4.78, 5) is 1.63. The van der Waals surface area contributed by atoms with E-state index in [0.717, 1.165) is 29.7 Å². The van der Waals surface area contributed by atoms with Crippen molar-refractivity contribution in [2.24, 2.45) is 0 Å². The highest BCUT2D eigenvalue weighted by molar-refractivity contribution is 5.89. The van der Waals surface area contributed by atoms with E-state index in [1.54, 1.807) is 31.1 Å². The zero-order valence-electron chi connectivity index (χ0n) is 15.3. The first-order valence-corrected chi connectivity index (χ1v) is 8.85. The largest absolute Gasteiger partial charge is 0.349 e. The van der Waals surface area contributed by atoms with Crippen LogP contribution < -0.4 is 5.32 Å². The molecule has 0 radical (unpaired) electrons. The van der Waals surface area contributed by atoms with E-state index in [0.29, 0.717) is 11.4 Å². The Bertz CT molecular complexity index is 977. The van der Waals surface area contributed by atoms with Gasteiger partial charge in [-0.1, -0.05) is 47.6 Å². The Morgan fingerprint density at radius 2 is 1.89 bits per heavy atom. The van der Waals surface area contributed by atoms with Gasteiger partial charge in [0.05, 0.1) is 5.69 Å². The summed E-state index contributed by atoms with van der Waals surface area (Å²) in [5.41, 5.74) is 2.82. The second-order valence-corrected chi connectivity index (χ2v) is 7.09. The molecule has 1 saturated carbocycles. The monoisotopic (exact) mass is 364 g/mol. The third kappa shape index (κ3) is 3.18. The Kier molecular flexibility index (Phi) is 4.18. The van der Waals surface area contributed by atoms with Gasteiger partial charge in [-0.2, -0.15) is 0 Å². The molecule has 0 atom stereocenters. The molecule has 1 aliphatic carbocycles. The number of guanidine groups is 1. The van der Waals surface area contributed by atoms with Gasteiger partial charge < -0.3 is 9.42 Å². The van der Waals surface area contributed by atoms with Crippen molar-refractivity contribution in [1.29, 1.82) is 5.41 Å². The summed E-state index contributed by atoms with van der Waals surface area (Å²) in [5, 5.41) is 14.9. The molecule has 2 N–H and O–H groups in total. The first kappa shape index (κ1) is 17.3. The highest BCUT2D eigenvalue weighted by Gasteiger charge is 2.48. The fourth-order valence-corrected chi connectivity index (χ4v) is 3.27. The van der Waals surface area contributed by atoms with Crippen molar-refractivity contribution in [2.75, 3.05) is 19.4 Å². The van der Waals surface area contributed by atoms with Crippen LogP contribution in [0, 0.1) is 11.2 Å². The quantitative estimate of drug-likeness (QED) is 0.530. The second kappa shape index (κ2) is 6.54. The molecule has 0 amide bonds. The summed E-state index contributed by atoms with van der Waals surface area (Å²) in [5.74, 6) is 0.387. The normalized spacial score (nSPS) is 14.6. The van der Waals surface area contributed by atoms with Crippen molar-refractivity contribution >= 4 is 11.8 Å². The molecule has 138 valence electrons. The van der Waals surface area contributed by atoms with Crippen LogP contribution in [-0.4, -0.2) is 30.1 Å². The van der Waals surface area contributed by atoms with E-state index in [4.69, 9.17) is 9.93 Å². The van der Waals surface area contributed by atoms with Gasteiger partial charge in [-0.3, -0.25) is 10.7 Å². The molecule has 0 unspecified atom stereocenters. The molecule has 6 heteroatoms. The van der Waals surface area contributed by atoms with Gasteiger partial charge in [-0.15, -0.1) is 0 Å². The fraction of sp³-hybridized carbons (Fsp3) is 0.238. The summed E-state index contributed by atoms with van der Waals surface area (Å²) in [6.45, 7) is 0. The van der Waals surface area contributed by atoms with E-state index in [1.807, 2.05) is 42.5 Å². The zero-order valence-corrected chi connectivity index (χ0v) is 15.3. The Labute approximate surface area is 157 Å². The molecule has 4 rings (SSSR count). The Hall–Kier alpha value is -3.15. The molecule has 5 nitrogen and oxygen atoms in total. The van der Waals surface area contributed by atoms with E-state index < -0.39 is 0 Å². The van der Waals surface area contributed by atoms with Crippen LogP contribution in [-0.2, 0) is 5.41 Å². The SMILES string of the molecule is CN(C)C(=N)Nc1cc(C2(c3ccc(-c4ccccc4)c(F)c3)CC2)no1. The maximum Gasteiger partial charge on any atom is 0.231 e. The maximum absolute atomic E-state index is 14.8. The van der Waals surface area contributed by atoms with Crippen molar-refractivity contribution in [2.45, 2.75) is 18.3 Å². The van der Waals surface area contributed by atoms with Gasteiger partial charge in [0, 0.05) is 31.1 Å². The molecular formula is C21H21FN4O. The minimum Gasteiger partial charge on any atom is -0.349 e. The predicted octanol–water partition coefficient (Wildman–Crippen LogP) is 4.47. The van der Waals surface area contributed by atoms with E-state index in [9.17, 15) is 4.39 Å². The molecule has 1 fully saturated rings. The first-order valence-electron chi connectivity index (χ1n) is 8.85. The fourth-order valence-electron chi connectivity index (χ4n) is 3.27. The van der Waals surface area contributed by atoms with E-state index in [1.165, 1.54) is 0 Å². The minimum atomic E-state index is -0.306. The molecule has 2 aromatic carbocycles. The molecule has 27 heavy (non-hydrogen) atoms. The molecule has 0 bridgehead atoms. The van der Waals surface area contributed by atoms with Crippen molar-refractivity contribution in [3.63, 3.8) is 0 Å². The van der Waals surface area contributed by atoms with Gasteiger partial charge in [-0.05, 0) is 30.0 Å². The summed E-state index contributed by atoms with van der Waals surface area (Å²) >= 11 is 0. The Morgan fingerprint density at radius 1 is 1.15 bits per heavy atom. The van der Waals surface area contributed by atoms with Gasteiger partial charge in [0.25, 0.3) is 0 Å². The average molecular weight is 364 g/mol. The lowest BCUT2D eigenvalue weighted by molar-refractivity contribution is 0.420. The average Bonchev–Trinajstić information content (AvgIpc) is 3.35. The van der Waals surface area contributed by atoms with Gasteiger partial charge in [0.1, 0.15) is 5.82 Å².